The molecule has 0 unspecified atom stereocenters. The molecule has 0 spiro atoms. The van der Waals surface area contributed by atoms with E-state index in [0.717, 1.165) is 5.56 Å². The summed E-state index contributed by atoms with van der Waals surface area (Å²) < 4.78 is 2.16. The van der Waals surface area contributed by atoms with E-state index in [1.165, 1.54) is 10.9 Å². The smallest absolute Gasteiger partial charge is 0.212 e. The summed E-state index contributed by atoms with van der Waals surface area (Å²) in [7, 11) is 0. The Hall–Kier alpha value is -1.09. The minimum Gasteiger partial charge on any atom is -1.00 e. The quantitative estimate of drug-likeness (QED) is 0.603. The Balaban J connectivity index is 0.00000147. The molecule has 0 fully saturated rings. The van der Waals surface area contributed by atoms with Crippen LogP contribution in [0.15, 0.2) is 60.8 Å². The van der Waals surface area contributed by atoms with E-state index < -0.39 is 0 Å². The molecule has 2 aromatic carbocycles. The SMILES string of the molecule is Clc1cccc(Cl)c1C[n+]1cccc2ccccc21.[Br-]. The molecule has 3 rings (SSSR count). The number of fused-ring (bicyclic) bond motifs is 1. The van der Waals surface area contributed by atoms with E-state index in [1.807, 2.05) is 42.6 Å². The van der Waals surface area contributed by atoms with Crippen LogP contribution in [-0.4, -0.2) is 0 Å². The topological polar surface area (TPSA) is 3.88 Å². The number of hydrogen-bond acceptors (Lipinski definition) is 0. The Bertz CT molecular complexity index is 718. The van der Waals surface area contributed by atoms with E-state index in [4.69, 9.17) is 23.2 Å². The van der Waals surface area contributed by atoms with E-state index in [2.05, 4.69) is 22.8 Å². The van der Waals surface area contributed by atoms with Gasteiger partial charge in [0, 0.05) is 17.5 Å². The fourth-order valence-electron chi connectivity index (χ4n) is 2.21. The van der Waals surface area contributed by atoms with Gasteiger partial charge in [-0.25, -0.2) is 0 Å². The van der Waals surface area contributed by atoms with E-state index in [1.54, 1.807) is 0 Å². The monoisotopic (exact) mass is 367 g/mol. The van der Waals surface area contributed by atoms with Crippen molar-refractivity contribution >= 4 is 34.1 Å². The Morgan fingerprint density at radius 1 is 0.800 bits per heavy atom. The Labute approximate surface area is 138 Å². The van der Waals surface area contributed by atoms with Crippen molar-refractivity contribution in [2.24, 2.45) is 0 Å². The molecular weight excluding hydrogens is 357 g/mol. The van der Waals surface area contributed by atoms with Crippen LogP contribution in [0.3, 0.4) is 0 Å². The van der Waals surface area contributed by atoms with Crippen LogP contribution in [0.25, 0.3) is 10.9 Å². The average Bonchev–Trinajstić information content (AvgIpc) is 2.43. The summed E-state index contributed by atoms with van der Waals surface area (Å²) in [6, 6.07) is 18.0. The number of halogens is 3. The van der Waals surface area contributed by atoms with Gasteiger partial charge in [-0.2, -0.15) is 4.57 Å². The first kappa shape index (κ1) is 15.3. The molecule has 102 valence electrons. The van der Waals surface area contributed by atoms with Gasteiger partial charge in [0.25, 0.3) is 0 Å². The summed E-state index contributed by atoms with van der Waals surface area (Å²) in [5, 5.41) is 2.61. The zero-order valence-corrected chi connectivity index (χ0v) is 13.7. The summed E-state index contributed by atoms with van der Waals surface area (Å²) >= 11 is 12.5. The van der Waals surface area contributed by atoms with E-state index in [9.17, 15) is 0 Å². The Morgan fingerprint density at radius 3 is 2.20 bits per heavy atom. The predicted molar refractivity (Wildman–Crippen MR) is 79.7 cm³/mol. The number of pyridine rings is 1. The second kappa shape index (κ2) is 6.57. The van der Waals surface area contributed by atoms with Crippen LogP contribution in [0.5, 0.6) is 0 Å². The molecule has 0 saturated carbocycles. The van der Waals surface area contributed by atoms with Gasteiger partial charge in [0.2, 0.25) is 5.52 Å². The van der Waals surface area contributed by atoms with Gasteiger partial charge in [-0.05, 0) is 24.3 Å². The molecule has 1 nitrogen and oxygen atoms in total. The molecule has 0 aliphatic rings. The Kier molecular flexibility index (Phi) is 5.03. The molecule has 3 aromatic rings. The van der Waals surface area contributed by atoms with Crippen LogP contribution in [0.1, 0.15) is 5.56 Å². The van der Waals surface area contributed by atoms with Crippen molar-refractivity contribution in [1.82, 2.24) is 0 Å². The highest BCUT2D eigenvalue weighted by Crippen LogP contribution is 2.24. The lowest BCUT2D eigenvalue weighted by Crippen LogP contribution is -3.00. The number of para-hydroxylation sites is 1. The molecular formula is C16H12BrCl2N. The maximum Gasteiger partial charge on any atom is 0.212 e. The summed E-state index contributed by atoms with van der Waals surface area (Å²) in [6.45, 7) is 0.667. The molecule has 0 bridgehead atoms. The van der Waals surface area contributed by atoms with E-state index >= 15 is 0 Å². The van der Waals surface area contributed by atoms with Crippen LogP contribution < -0.4 is 21.5 Å². The van der Waals surface area contributed by atoms with Gasteiger partial charge in [-0.3, -0.25) is 0 Å². The zero-order chi connectivity index (χ0) is 13.2. The molecule has 0 atom stereocenters. The summed E-state index contributed by atoms with van der Waals surface area (Å²) in [5.41, 5.74) is 2.12. The van der Waals surface area contributed by atoms with Gasteiger partial charge in [-0.1, -0.05) is 41.4 Å². The molecule has 0 saturated heterocycles. The normalized spacial score (nSPS) is 10.3. The lowest BCUT2D eigenvalue weighted by molar-refractivity contribution is -0.662. The molecule has 4 heteroatoms. The molecule has 0 radical (unpaired) electrons. The van der Waals surface area contributed by atoms with Gasteiger partial charge < -0.3 is 17.0 Å². The number of hydrogen-bond donors (Lipinski definition) is 0. The maximum absolute atomic E-state index is 6.23. The zero-order valence-electron chi connectivity index (χ0n) is 10.6. The predicted octanol–water partition coefficient (Wildman–Crippen LogP) is 1.49. The molecule has 0 N–H and O–H groups in total. The molecule has 1 aromatic heterocycles. The highest BCUT2D eigenvalue weighted by atomic mass is 79.9. The van der Waals surface area contributed by atoms with Crippen molar-refractivity contribution in [3.63, 3.8) is 0 Å². The summed E-state index contributed by atoms with van der Waals surface area (Å²) in [5.74, 6) is 0. The van der Waals surface area contributed by atoms with Crippen molar-refractivity contribution in [1.29, 1.82) is 0 Å². The molecule has 0 amide bonds. The van der Waals surface area contributed by atoms with Crippen LogP contribution in [-0.2, 0) is 6.54 Å². The maximum atomic E-state index is 6.23. The molecule has 0 aliphatic carbocycles. The number of benzene rings is 2. The van der Waals surface area contributed by atoms with Gasteiger partial charge in [0.1, 0.15) is 0 Å². The second-order valence-electron chi connectivity index (χ2n) is 4.40. The standard InChI is InChI=1S/C16H12Cl2N.BrH/c17-14-7-3-8-15(18)13(14)11-19-10-4-6-12-5-1-2-9-16(12)19;/h1-10H,11H2;1H/q+1;/p-1. The first-order valence-electron chi connectivity index (χ1n) is 6.06. The first-order valence-corrected chi connectivity index (χ1v) is 6.81. The minimum atomic E-state index is 0. The third-order valence-corrected chi connectivity index (χ3v) is 3.89. The van der Waals surface area contributed by atoms with Crippen LogP contribution in [0.4, 0.5) is 0 Å². The number of rotatable bonds is 2. The third kappa shape index (κ3) is 2.98. The Morgan fingerprint density at radius 2 is 1.45 bits per heavy atom. The van der Waals surface area contributed by atoms with Crippen molar-refractivity contribution in [3.8, 4) is 0 Å². The lowest BCUT2D eigenvalue weighted by atomic mass is 10.2. The first-order chi connectivity index (χ1) is 9.25. The van der Waals surface area contributed by atoms with Gasteiger partial charge in [0.15, 0.2) is 12.7 Å². The van der Waals surface area contributed by atoms with Crippen molar-refractivity contribution in [3.05, 3.63) is 76.4 Å². The van der Waals surface area contributed by atoms with Gasteiger partial charge in [0.05, 0.1) is 15.6 Å². The molecule has 0 aliphatic heterocycles. The van der Waals surface area contributed by atoms with Crippen LogP contribution >= 0.6 is 23.2 Å². The van der Waals surface area contributed by atoms with Crippen molar-refractivity contribution in [2.45, 2.75) is 6.54 Å². The molecule has 1 heterocycles. The largest absolute Gasteiger partial charge is 1.00 e. The number of aromatic nitrogens is 1. The van der Waals surface area contributed by atoms with Gasteiger partial charge >= 0.3 is 0 Å². The molecule has 20 heavy (non-hydrogen) atoms. The summed E-state index contributed by atoms with van der Waals surface area (Å²) in [6.07, 6.45) is 2.04. The second-order valence-corrected chi connectivity index (χ2v) is 5.21. The van der Waals surface area contributed by atoms with E-state index in [-0.39, 0.29) is 17.0 Å². The van der Waals surface area contributed by atoms with Crippen LogP contribution in [0.2, 0.25) is 10.0 Å². The van der Waals surface area contributed by atoms with Crippen LogP contribution in [0, 0.1) is 0 Å². The fraction of sp³-hybridized carbons (Fsp3) is 0.0625. The average molecular weight is 369 g/mol. The summed E-state index contributed by atoms with van der Waals surface area (Å²) in [4.78, 5) is 0. The lowest BCUT2D eigenvalue weighted by Gasteiger charge is -2.05. The van der Waals surface area contributed by atoms with E-state index in [0.29, 0.717) is 16.6 Å². The fourth-order valence-corrected chi connectivity index (χ4v) is 2.73. The van der Waals surface area contributed by atoms with Crippen molar-refractivity contribution in [2.75, 3.05) is 0 Å². The number of nitrogens with zero attached hydrogens (tertiary/aromatic N) is 1. The third-order valence-electron chi connectivity index (χ3n) is 3.18. The van der Waals surface area contributed by atoms with Crippen molar-refractivity contribution < 1.29 is 21.5 Å². The van der Waals surface area contributed by atoms with Gasteiger partial charge in [-0.15, -0.1) is 0 Å². The highest BCUT2D eigenvalue weighted by molar-refractivity contribution is 6.35. The highest BCUT2D eigenvalue weighted by Gasteiger charge is 2.13. The minimum absolute atomic E-state index is 0.